The van der Waals surface area contributed by atoms with Crippen LogP contribution in [-0.2, 0) is 21.8 Å². The van der Waals surface area contributed by atoms with Gasteiger partial charge >= 0.3 is 5.97 Å². The van der Waals surface area contributed by atoms with Crippen molar-refractivity contribution in [2.45, 2.75) is 18.7 Å². The van der Waals surface area contributed by atoms with E-state index >= 15 is 0 Å². The summed E-state index contributed by atoms with van der Waals surface area (Å²) in [5.41, 5.74) is 0.355. The Morgan fingerprint density at radius 2 is 1.83 bits per heavy atom. The van der Waals surface area contributed by atoms with Gasteiger partial charge in [-0.15, -0.1) is 0 Å². The van der Waals surface area contributed by atoms with Crippen molar-refractivity contribution in [3.05, 3.63) is 41.7 Å². The number of carbonyl (C=O) groups excluding carboxylic acids is 2. The van der Waals surface area contributed by atoms with Crippen LogP contribution in [0, 0.1) is 0 Å². The number of ketones is 1. The average molecular weight is 422 g/mol. The lowest BCUT2D eigenvalue weighted by atomic mass is 10.1. The van der Waals surface area contributed by atoms with Gasteiger partial charge in [0.2, 0.25) is 16.8 Å². The molecule has 0 saturated carbocycles. The van der Waals surface area contributed by atoms with Gasteiger partial charge in [0.05, 0.1) is 0 Å². The first-order valence-electron chi connectivity index (χ1n) is 9.04. The first kappa shape index (κ1) is 20.9. The third kappa shape index (κ3) is 4.13. The molecule has 0 radical (unpaired) electrons. The Balaban J connectivity index is 1.70. The Morgan fingerprint density at radius 3 is 2.52 bits per heavy atom. The molecule has 9 nitrogen and oxygen atoms in total. The van der Waals surface area contributed by atoms with E-state index in [9.17, 15) is 18.0 Å². The van der Waals surface area contributed by atoms with Gasteiger partial charge < -0.3 is 18.8 Å². The second-order valence-corrected chi connectivity index (χ2v) is 8.27. The number of esters is 1. The number of hydrogen-bond donors (Lipinski definition) is 0. The maximum Gasteiger partial charge on any atom is 0.355 e. The van der Waals surface area contributed by atoms with Gasteiger partial charge in [-0.1, -0.05) is 13.8 Å². The largest absolute Gasteiger partial charge is 0.454 e. The molecule has 0 fully saturated rings. The first-order chi connectivity index (χ1) is 13.8. The number of rotatable bonds is 8. The number of hydrogen-bond acceptors (Lipinski definition) is 7. The maximum absolute atomic E-state index is 12.6. The van der Waals surface area contributed by atoms with Crippen LogP contribution in [0.15, 0.2) is 35.4 Å². The maximum atomic E-state index is 12.6. The quantitative estimate of drug-likeness (QED) is 0.472. The van der Waals surface area contributed by atoms with Crippen molar-refractivity contribution in [3.8, 4) is 11.5 Å². The second-order valence-electron chi connectivity index (χ2n) is 6.33. The predicted molar refractivity (Wildman–Crippen MR) is 103 cm³/mol. The summed E-state index contributed by atoms with van der Waals surface area (Å²) in [4.78, 5) is 24.7. The van der Waals surface area contributed by atoms with Crippen molar-refractivity contribution >= 4 is 21.8 Å². The zero-order chi connectivity index (χ0) is 21.2. The summed E-state index contributed by atoms with van der Waals surface area (Å²) < 4.78 is 43.4. The topological polar surface area (TPSA) is 104 Å². The van der Waals surface area contributed by atoms with Crippen molar-refractivity contribution < 1.29 is 32.2 Å². The smallest absolute Gasteiger partial charge is 0.355 e. The molecular weight excluding hydrogens is 400 g/mol. The molecule has 0 N–H and O–H groups in total. The summed E-state index contributed by atoms with van der Waals surface area (Å²) in [6, 6.07) is 5.94. The normalized spacial score (nSPS) is 13.0. The van der Waals surface area contributed by atoms with E-state index in [1.54, 1.807) is 26.0 Å². The van der Waals surface area contributed by atoms with Gasteiger partial charge in [-0.2, -0.15) is 4.31 Å². The molecule has 1 aliphatic rings. The summed E-state index contributed by atoms with van der Waals surface area (Å²) in [7, 11) is -2.17. The summed E-state index contributed by atoms with van der Waals surface area (Å²) in [5.74, 6) is -0.204. The van der Waals surface area contributed by atoms with Gasteiger partial charge in [0.1, 0.15) is 10.6 Å². The third-order valence-electron chi connectivity index (χ3n) is 4.56. The van der Waals surface area contributed by atoms with Crippen molar-refractivity contribution in [1.29, 1.82) is 0 Å². The van der Waals surface area contributed by atoms with Crippen LogP contribution in [0.1, 0.15) is 34.7 Å². The predicted octanol–water partition coefficient (Wildman–Crippen LogP) is 1.82. The van der Waals surface area contributed by atoms with Crippen LogP contribution in [0.2, 0.25) is 0 Å². The van der Waals surface area contributed by atoms with E-state index in [4.69, 9.17) is 14.2 Å². The number of benzene rings is 1. The minimum Gasteiger partial charge on any atom is -0.454 e. The van der Waals surface area contributed by atoms with Gasteiger partial charge in [0.15, 0.2) is 23.9 Å². The second kappa shape index (κ2) is 8.26. The van der Waals surface area contributed by atoms with Crippen LogP contribution in [0.5, 0.6) is 11.5 Å². The molecule has 0 amide bonds. The minimum absolute atomic E-state index is 0.00209. The molecule has 2 heterocycles. The molecule has 0 saturated heterocycles. The molecular formula is C19H22N2O7S. The molecule has 0 unspecified atom stereocenters. The van der Waals surface area contributed by atoms with Crippen molar-refractivity contribution in [2.24, 2.45) is 7.05 Å². The Labute approximate surface area is 168 Å². The van der Waals surface area contributed by atoms with Crippen molar-refractivity contribution in [1.82, 2.24) is 8.87 Å². The summed E-state index contributed by atoms with van der Waals surface area (Å²) in [6.45, 7) is 3.72. The highest BCUT2D eigenvalue weighted by Gasteiger charge is 2.26. The zero-order valence-corrected chi connectivity index (χ0v) is 17.2. The Bertz CT molecular complexity index is 1040. The molecule has 0 bridgehead atoms. The lowest BCUT2D eigenvalue weighted by Gasteiger charge is -2.17. The van der Waals surface area contributed by atoms with E-state index in [0.29, 0.717) is 30.2 Å². The van der Waals surface area contributed by atoms with E-state index in [1.165, 1.54) is 34.2 Å². The van der Waals surface area contributed by atoms with Gasteiger partial charge in [-0.25, -0.2) is 13.2 Å². The lowest BCUT2D eigenvalue weighted by Crippen LogP contribution is -2.30. The number of ether oxygens (including phenoxy) is 3. The van der Waals surface area contributed by atoms with E-state index in [-0.39, 0.29) is 17.4 Å². The molecule has 156 valence electrons. The third-order valence-corrected chi connectivity index (χ3v) is 6.58. The first-order valence-corrected chi connectivity index (χ1v) is 10.5. The van der Waals surface area contributed by atoms with Crippen LogP contribution in [-0.4, -0.2) is 55.5 Å². The molecule has 0 atom stereocenters. The number of Topliss-reactive ketones (excluding diaryl/α,β-unsaturated/α-hetero) is 1. The van der Waals surface area contributed by atoms with E-state index in [2.05, 4.69) is 0 Å². The summed E-state index contributed by atoms with van der Waals surface area (Å²) in [5, 5.41) is 0. The van der Waals surface area contributed by atoms with Crippen LogP contribution in [0.25, 0.3) is 0 Å². The number of carbonyl (C=O) groups is 2. The average Bonchev–Trinajstić information content (AvgIpc) is 3.32. The molecule has 0 aliphatic carbocycles. The number of aryl methyl sites for hydroxylation is 1. The van der Waals surface area contributed by atoms with Gasteiger partial charge in [-0.05, 0) is 24.3 Å². The molecule has 2 aromatic rings. The number of aromatic nitrogens is 1. The van der Waals surface area contributed by atoms with E-state index < -0.39 is 28.4 Å². The SMILES string of the molecule is CCN(CC)S(=O)(=O)c1cc(C(=O)OCC(=O)c2ccc3c(c2)OCO3)n(C)c1. The number of sulfonamides is 1. The standard InChI is InChI=1S/C19H22N2O7S/c1-4-21(5-2)29(24,25)14-9-15(20(3)10-14)19(23)26-11-16(22)13-6-7-17-18(8-13)28-12-27-17/h6-10H,4-5,11-12H2,1-3H3. The molecule has 29 heavy (non-hydrogen) atoms. The Kier molecular flexibility index (Phi) is 5.94. The molecule has 1 aromatic heterocycles. The highest BCUT2D eigenvalue weighted by Crippen LogP contribution is 2.32. The minimum atomic E-state index is -3.70. The Hall–Kier alpha value is -2.85. The zero-order valence-electron chi connectivity index (χ0n) is 16.4. The Morgan fingerprint density at radius 1 is 1.14 bits per heavy atom. The molecule has 1 aromatic carbocycles. The van der Waals surface area contributed by atoms with Gasteiger partial charge in [-0.3, -0.25) is 4.79 Å². The molecule has 1 aliphatic heterocycles. The fraction of sp³-hybridized carbons (Fsp3) is 0.368. The number of nitrogens with zero attached hydrogens (tertiary/aromatic N) is 2. The van der Waals surface area contributed by atoms with Gasteiger partial charge in [0.25, 0.3) is 0 Å². The highest BCUT2D eigenvalue weighted by molar-refractivity contribution is 7.89. The van der Waals surface area contributed by atoms with Crippen LogP contribution >= 0.6 is 0 Å². The summed E-state index contributed by atoms with van der Waals surface area (Å²) in [6.07, 6.45) is 1.35. The van der Waals surface area contributed by atoms with Gasteiger partial charge in [0, 0.05) is 31.9 Å². The fourth-order valence-electron chi connectivity index (χ4n) is 2.95. The van der Waals surface area contributed by atoms with Crippen molar-refractivity contribution in [2.75, 3.05) is 26.5 Å². The van der Waals surface area contributed by atoms with E-state index in [1.807, 2.05) is 0 Å². The fourth-order valence-corrected chi connectivity index (χ4v) is 4.48. The van der Waals surface area contributed by atoms with Crippen molar-refractivity contribution in [3.63, 3.8) is 0 Å². The summed E-state index contributed by atoms with van der Waals surface area (Å²) >= 11 is 0. The van der Waals surface area contributed by atoms with Crippen LogP contribution in [0.3, 0.4) is 0 Å². The molecule has 10 heteroatoms. The van der Waals surface area contributed by atoms with Crippen LogP contribution in [0.4, 0.5) is 0 Å². The number of fused-ring (bicyclic) bond motifs is 1. The monoisotopic (exact) mass is 422 g/mol. The van der Waals surface area contributed by atoms with Crippen LogP contribution < -0.4 is 9.47 Å². The highest BCUT2D eigenvalue weighted by atomic mass is 32.2. The lowest BCUT2D eigenvalue weighted by molar-refractivity contribution is 0.0465. The molecule has 3 rings (SSSR count). The molecule has 0 spiro atoms. The van der Waals surface area contributed by atoms with E-state index in [0.717, 1.165) is 0 Å².